The number of alkyl halides is 2. The number of rotatable bonds is 7. The highest BCUT2D eigenvalue weighted by molar-refractivity contribution is 5.28. The Hall–Kier alpha value is -1.99. The molecule has 5 nitrogen and oxygen atoms in total. The summed E-state index contributed by atoms with van der Waals surface area (Å²) in [5.74, 6) is 0.0734. The summed E-state index contributed by atoms with van der Waals surface area (Å²) < 4.78 is 30.0. The van der Waals surface area contributed by atoms with E-state index in [2.05, 4.69) is 15.2 Å². The van der Waals surface area contributed by atoms with E-state index in [0.717, 1.165) is 5.56 Å². The number of ether oxygens (including phenoxy) is 1. The molecule has 0 spiro atoms. The minimum Gasteiger partial charge on any atom is -0.435 e. The van der Waals surface area contributed by atoms with Crippen LogP contribution in [0.4, 0.5) is 8.78 Å². The second kappa shape index (κ2) is 7.14. The number of aliphatic hydroxyl groups is 1. The van der Waals surface area contributed by atoms with Crippen LogP contribution >= 0.6 is 0 Å². The zero-order valence-corrected chi connectivity index (χ0v) is 11.5. The molecular weight excluding hydrogens is 280 g/mol. The number of nitrogens with zero attached hydrogens (tertiary/aromatic N) is 2. The van der Waals surface area contributed by atoms with Crippen LogP contribution in [0.1, 0.15) is 17.2 Å². The molecule has 0 aliphatic rings. The number of hydrogen-bond acceptors (Lipinski definition) is 4. The van der Waals surface area contributed by atoms with Gasteiger partial charge in [0.15, 0.2) is 0 Å². The SMILES string of the molecule is Cn1cc(CNCC(O)c2ccc(OC(F)F)cc2)cn1. The molecule has 1 heterocycles. The van der Waals surface area contributed by atoms with Gasteiger partial charge in [-0.3, -0.25) is 4.68 Å². The molecule has 1 aromatic heterocycles. The van der Waals surface area contributed by atoms with E-state index in [1.54, 1.807) is 23.0 Å². The lowest BCUT2D eigenvalue weighted by molar-refractivity contribution is -0.0498. The van der Waals surface area contributed by atoms with E-state index >= 15 is 0 Å². The van der Waals surface area contributed by atoms with Gasteiger partial charge in [-0.2, -0.15) is 13.9 Å². The Morgan fingerprint density at radius 3 is 2.62 bits per heavy atom. The molecule has 0 aliphatic heterocycles. The highest BCUT2D eigenvalue weighted by atomic mass is 19.3. The molecule has 0 saturated heterocycles. The molecule has 2 N–H and O–H groups in total. The van der Waals surface area contributed by atoms with Crippen LogP contribution in [0.5, 0.6) is 5.75 Å². The number of hydrogen-bond donors (Lipinski definition) is 2. The number of benzene rings is 1. The maximum atomic E-state index is 12.0. The van der Waals surface area contributed by atoms with Crippen LogP contribution in [0.25, 0.3) is 0 Å². The van der Waals surface area contributed by atoms with E-state index in [0.29, 0.717) is 18.7 Å². The van der Waals surface area contributed by atoms with E-state index in [9.17, 15) is 13.9 Å². The van der Waals surface area contributed by atoms with Gasteiger partial charge in [0.25, 0.3) is 0 Å². The largest absolute Gasteiger partial charge is 0.435 e. The summed E-state index contributed by atoms with van der Waals surface area (Å²) in [7, 11) is 1.83. The van der Waals surface area contributed by atoms with Crippen molar-refractivity contribution in [3.05, 3.63) is 47.8 Å². The number of aryl methyl sites for hydroxylation is 1. The summed E-state index contributed by atoms with van der Waals surface area (Å²) in [5, 5.41) is 17.2. The van der Waals surface area contributed by atoms with Crippen molar-refractivity contribution >= 4 is 0 Å². The fourth-order valence-corrected chi connectivity index (χ4v) is 1.91. The minimum absolute atomic E-state index is 0.0734. The van der Waals surface area contributed by atoms with E-state index < -0.39 is 12.7 Å². The maximum absolute atomic E-state index is 12.0. The van der Waals surface area contributed by atoms with Crippen molar-refractivity contribution < 1.29 is 18.6 Å². The molecule has 1 atom stereocenters. The van der Waals surface area contributed by atoms with Crippen molar-refractivity contribution in [2.75, 3.05) is 6.54 Å². The Kier molecular flexibility index (Phi) is 5.24. The Morgan fingerprint density at radius 2 is 2.05 bits per heavy atom. The van der Waals surface area contributed by atoms with Gasteiger partial charge >= 0.3 is 6.61 Å². The van der Waals surface area contributed by atoms with Gasteiger partial charge in [0.2, 0.25) is 0 Å². The standard InChI is InChI=1S/C14H17F2N3O2/c1-19-9-10(7-18-19)6-17-8-13(20)11-2-4-12(5-3-11)21-14(15)16/h2-5,7,9,13-14,17,20H,6,8H2,1H3. The van der Waals surface area contributed by atoms with Crippen molar-refractivity contribution in [3.8, 4) is 5.75 Å². The van der Waals surface area contributed by atoms with E-state index in [1.165, 1.54) is 12.1 Å². The lowest BCUT2D eigenvalue weighted by Crippen LogP contribution is -2.20. The molecule has 0 amide bonds. The zero-order chi connectivity index (χ0) is 15.2. The van der Waals surface area contributed by atoms with Gasteiger partial charge in [0.05, 0.1) is 12.3 Å². The summed E-state index contributed by atoms with van der Waals surface area (Å²) in [6.07, 6.45) is 2.91. The molecule has 0 aliphatic carbocycles. The summed E-state index contributed by atoms with van der Waals surface area (Å²) in [4.78, 5) is 0. The minimum atomic E-state index is -2.85. The van der Waals surface area contributed by atoms with E-state index in [-0.39, 0.29) is 5.75 Å². The molecule has 1 aromatic carbocycles. The average molecular weight is 297 g/mol. The van der Waals surface area contributed by atoms with Crippen molar-refractivity contribution in [1.29, 1.82) is 0 Å². The quantitative estimate of drug-likeness (QED) is 0.819. The third-order valence-corrected chi connectivity index (χ3v) is 2.92. The molecule has 114 valence electrons. The zero-order valence-electron chi connectivity index (χ0n) is 11.5. The van der Waals surface area contributed by atoms with Crippen molar-refractivity contribution in [2.45, 2.75) is 19.3 Å². The van der Waals surface area contributed by atoms with Gasteiger partial charge < -0.3 is 15.2 Å². The van der Waals surface area contributed by atoms with Crippen LogP contribution in [-0.2, 0) is 13.6 Å². The van der Waals surface area contributed by atoms with Crippen LogP contribution in [0, 0.1) is 0 Å². The summed E-state index contributed by atoms with van der Waals surface area (Å²) in [5.41, 5.74) is 1.65. The van der Waals surface area contributed by atoms with E-state index in [1.807, 2.05) is 13.2 Å². The van der Waals surface area contributed by atoms with Gasteiger partial charge in [-0.15, -0.1) is 0 Å². The van der Waals surface area contributed by atoms with Crippen molar-refractivity contribution in [1.82, 2.24) is 15.1 Å². The van der Waals surface area contributed by atoms with Gasteiger partial charge in [0.1, 0.15) is 5.75 Å². The first-order valence-electron chi connectivity index (χ1n) is 6.45. The van der Waals surface area contributed by atoms with E-state index in [4.69, 9.17) is 0 Å². The first-order chi connectivity index (χ1) is 10.0. The lowest BCUT2D eigenvalue weighted by Gasteiger charge is -2.12. The first-order valence-corrected chi connectivity index (χ1v) is 6.45. The lowest BCUT2D eigenvalue weighted by atomic mass is 10.1. The fourth-order valence-electron chi connectivity index (χ4n) is 1.91. The van der Waals surface area contributed by atoms with Gasteiger partial charge in [-0.05, 0) is 17.7 Å². The molecule has 0 bridgehead atoms. The molecule has 7 heteroatoms. The Morgan fingerprint density at radius 1 is 1.33 bits per heavy atom. The Balaban J connectivity index is 1.81. The number of aromatic nitrogens is 2. The van der Waals surface area contributed by atoms with Crippen LogP contribution in [0.3, 0.4) is 0 Å². The molecule has 1 unspecified atom stereocenters. The predicted molar refractivity (Wildman–Crippen MR) is 72.9 cm³/mol. The molecular formula is C14H17F2N3O2. The third-order valence-electron chi connectivity index (χ3n) is 2.92. The molecule has 2 aromatic rings. The maximum Gasteiger partial charge on any atom is 0.387 e. The number of halogens is 2. The summed E-state index contributed by atoms with van der Waals surface area (Å²) >= 11 is 0. The van der Waals surface area contributed by atoms with Crippen LogP contribution in [0.2, 0.25) is 0 Å². The van der Waals surface area contributed by atoms with Crippen molar-refractivity contribution in [2.24, 2.45) is 7.05 Å². The predicted octanol–water partition coefficient (Wildman–Crippen LogP) is 1.84. The summed E-state index contributed by atoms with van der Waals surface area (Å²) in [6.45, 7) is -1.90. The second-order valence-electron chi connectivity index (χ2n) is 4.62. The molecule has 0 saturated carbocycles. The highest BCUT2D eigenvalue weighted by Gasteiger charge is 2.09. The van der Waals surface area contributed by atoms with Crippen LogP contribution < -0.4 is 10.1 Å². The van der Waals surface area contributed by atoms with Crippen molar-refractivity contribution in [3.63, 3.8) is 0 Å². The number of aliphatic hydroxyl groups excluding tert-OH is 1. The average Bonchev–Trinajstić information content (AvgIpc) is 2.84. The van der Waals surface area contributed by atoms with Crippen LogP contribution in [-0.4, -0.2) is 28.0 Å². The third kappa shape index (κ3) is 4.80. The smallest absolute Gasteiger partial charge is 0.387 e. The Labute approximate surface area is 121 Å². The Bertz CT molecular complexity index is 558. The van der Waals surface area contributed by atoms with Crippen LogP contribution in [0.15, 0.2) is 36.7 Å². The second-order valence-corrected chi connectivity index (χ2v) is 4.62. The molecule has 0 radical (unpaired) electrons. The normalized spacial score (nSPS) is 12.6. The molecule has 0 fully saturated rings. The van der Waals surface area contributed by atoms with Gasteiger partial charge in [-0.1, -0.05) is 12.1 Å². The topological polar surface area (TPSA) is 59.3 Å². The fraction of sp³-hybridized carbons (Fsp3) is 0.357. The molecule has 21 heavy (non-hydrogen) atoms. The number of nitrogens with one attached hydrogen (secondary N) is 1. The molecule has 2 rings (SSSR count). The van der Waals surface area contributed by atoms with Gasteiger partial charge in [0, 0.05) is 31.9 Å². The monoisotopic (exact) mass is 297 g/mol. The summed E-state index contributed by atoms with van der Waals surface area (Å²) in [6, 6.07) is 5.94. The van der Waals surface area contributed by atoms with Gasteiger partial charge in [-0.25, -0.2) is 0 Å². The first kappa shape index (κ1) is 15.4. The highest BCUT2D eigenvalue weighted by Crippen LogP contribution is 2.19.